The Morgan fingerprint density at radius 1 is 1.20 bits per heavy atom. The highest BCUT2D eigenvalue weighted by molar-refractivity contribution is 7.89. The molecule has 0 spiro atoms. The lowest BCUT2D eigenvalue weighted by atomic mass is 9.97. The number of nitrogens with zero attached hydrogens (tertiary/aromatic N) is 1. The van der Waals surface area contributed by atoms with E-state index in [0.29, 0.717) is 44.0 Å². The zero-order valence-corrected chi connectivity index (χ0v) is 15.8. The fourth-order valence-corrected chi connectivity index (χ4v) is 4.36. The quantitative estimate of drug-likeness (QED) is 0.789. The summed E-state index contributed by atoms with van der Waals surface area (Å²) < 4.78 is 37.4. The number of benzene rings is 1. The van der Waals surface area contributed by atoms with E-state index in [1.54, 1.807) is 6.07 Å². The highest BCUT2D eigenvalue weighted by Gasteiger charge is 2.32. The van der Waals surface area contributed by atoms with Crippen LogP contribution in [0.1, 0.15) is 26.2 Å². The number of carbonyl (C=O) groups excluding carboxylic acids is 1. The SMILES string of the molecule is CCCNC(=O)C1CCN(S(=O)(=O)c2ccc(OC)c(OC)c2)CC1. The molecule has 0 atom stereocenters. The van der Waals surface area contributed by atoms with Crippen LogP contribution in [-0.4, -0.2) is 52.5 Å². The van der Waals surface area contributed by atoms with Crippen molar-refractivity contribution in [2.24, 2.45) is 5.92 Å². The molecule has 1 aliphatic rings. The molecule has 0 unspecified atom stereocenters. The summed E-state index contributed by atoms with van der Waals surface area (Å²) in [6.07, 6.45) is 1.95. The van der Waals surface area contributed by atoms with Gasteiger partial charge in [0.05, 0.1) is 19.1 Å². The molecule has 1 aromatic rings. The molecule has 1 aliphatic heterocycles. The van der Waals surface area contributed by atoms with Crippen molar-refractivity contribution < 1.29 is 22.7 Å². The van der Waals surface area contributed by atoms with Crippen molar-refractivity contribution in [1.82, 2.24) is 9.62 Å². The number of piperidine rings is 1. The third-order valence-corrected chi connectivity index (χ3v) is 6.26. The molecule has 0 saturated carbocycles. The van der Waals surface area contributed by atoms with E-state index >= 15 is 0 Å². The van der Waals surface area contributed by atoms with Gasteiger partial charge in [0, 0.05) is 31.6 Å². The maximum absolute atomic E-state index is 12.8. The molecule has 8 heteroatoms. The Hall–Kier alpha value is -1.80. The lowest BCUT2D eigenvalue weighted by Gasteiger charge is -2.30. The van der Waals surface area contributed by atoms with Gasteiger partial charge in [0.15, 0.2) is 11.5 Å². The zero-order valence-electron chi connectivity index (χ0n) is 14.9. The second-order valence-electron chi connectivity index (χ2n) is 5.99. The van der Waals surface area contributed by atoms with Gasteiger partial charge in [0.2, 0.25) is 15.9 Å². The molecular weight excluding hydrogens is 344 g/mol. The van der Waals surface area contributed by atoms with Crippen molar-refractivity contribution in [2.45, 2.75) is 31.1 Å². The number of rotatable bonds is 7. The average molecular weight is 370 g/mol. The van der Waals surface area contributed by atoms with Gasteiger partial charge in [-0.2, -0.15) is 4.31 Å². The van der Waals surface area contributed by atoms with Gasteiger partial charge in [-0.05, 0) is 31.4 Å². The van der Waals surface area contributed by atoms with Crippen LogP contribution in [0.25, 0.3) is 0 Å². The highest BCUT2D eigenvalue weighted by atomic mass is 32.2. The van der Waals surface area contributed by atoms with Gasteiger partial charge in [-0.15, -0.1) is 0 Å². The summed E-state index contributed by atoms with van der Waals surface area (Å²) in [6, 6.07) is 4.56. The van der Waals surface area contributed by atoms with Crippen molar-refractivity contribution in [1.29, 1.82) is 0 Å². The predicted molar refractivity (Wildman–Crippen MR) is 94.3 cm³/mol. The molecule has 0 radical (unpaired) electrons. The summed E-state index contributed by atoms with van der Waals surface area (Å²) in [4.78, 5) is 12.2. The van der Waals surface area contributed by atoms with Crippen LogP contribution in [0.2, 0.25) is 0 Å². The number of carbonyl (C=O) groups is 1. The van der Waals surface area contributed by atoms with E-state index in [-0.39, 0.29) is 16.7 Å². The molecule has 1 fully saturated rings. The first-order chi connectivity index (χ1) is 11.9. The van der Waals surface area contributed by atoms with E-state index in [4.69, 9.17) is 9.47 Å². The Morgan fingerprint density at radius 3 is 2.40 bits per heavy atom. The number of hydrogen-bond donors (Lipinski definition) is 1. The van der Waals surface area contributed by atoms with E-state index in [2.05, 4.69) is 5.32 Å². The van der Waals surface area contributed by atoms with E-state index in [1.807, 2.05) is 6.92 Å². The summed E-state index contributed by atoms with van der Waals surface area (Å²) >= 11 is 0. The highest BCUT2D eigenvalue weighted by Crippen LogP contribution is 2.31. The standard InChI is InChI=1S/C17H26N2O5S/c1-4-9-18-17(20)13-7-10-19(11-8-13)25(21,22)14-5-6-15(23-2)16(12-14)24-3/h5-6,12-13H,4,7-11H2,1-3H3,(H,18,20). The third kappa shape index (κ3) is 4.43. The number of hydrogen-bond acceptors (Lipinski definition) is 5. The first-order valence-electron chi connectivity index (χ1n) is 8.44. The first-order valence-corrected chi connectivity index (χ1v) is 9.88. The zero-order chi connectivity index (χ0) is 18.4. The van der Waals surface area contributed by atoms with Gasteiger partial charge in [-0.1, -0.05) is 6.92 Å². The van der Waals surface area contributed by atoms with E-state index < -0.39 is 10.0 Å². The minimum atomic E-state index is -3.62. The fraction of sp³-hybridized carbons (Fsp3) is 0.588. The summed E-state index contributed by atoms with van der Waals surface area (Å²) in [5.74, 6) is 0.749. The van der Waals surface area contributed by atoms with Crippen LogP contribution in [0.4, 0.5) is 0 Å². The molecule has 1 saturated heterocycles. The topological polar surface area (TPSA) is 84.9 Å². The lowest BCUT2D eigenvalue weighted by molar-refractivity contribution is -0.126. The van der Waals surface area contributed by atoms with Crippen molar-refractivity contribution in [3.05, 3.63) is 18.2 Å². The molecular formula is C17H26N2O5S. The Bertz CT molecular complexity index is 697. The van der Waals surface area contributed by atoms with Crippen LogP contribution >= 0.6 is 0 Å². The summed E-state index contributed by atoms with van der Waals surface area (Å²) in [5, 5.41) is 2.88. The molecule has 1 heterocycles. The molecule has 7 nitrogen and oxygen atoms in total. The Kier molecular flexibility index (Phi) is 6.66. The second-order valence-corrected chi connectivity index (χ2v) is 7.92. The molecule has 1 amide bonds. The number of methoxy groups -OCH3 is 2. The maximum atomic E-state index is 12.8. The van der Waals surface area contributed by atoms with Crippen molar-refractivity contribution >= 4 is 15.9 Å². The van der Waals surface area contributed by atoms with Crippen molar-refractivity contribution in [3.63, 3.8) is 0 Å². The molecule has 25 heavy (non-hydrogen) atoms. The molecule has 2 rings (SSSR count). The number of sulfonamides is 1. The van der Waals surface area contributed by atoms with Gasteiger partial charge >= 0.3 is 0 Å². The Labute approximate surface area is 149 Å². The van der Waals surface area contributed by atoms with Crippen LogP contribution in [-0.2, 0) is 14.8 Å². The Morgan fingerprint density at radius 2 is 1.84 bits per heavy atom. The second kappa shape index (κ2) is 8.53. The maximum Gasteiger partial charge on any atom is 0.243 e. The van der Waals surface area contributed by atoms with E-state index in [1.165, 1.54) is 30.7 Å². The molecule has 140 valence electrons. The molecule has 1 aromatic carbocycles. The normalized spacial score (nSPS) is 16.4. The third-order valence-electron chi connectivity index (χ3n) is 4.37. The van der Waals surface area contributed by atoms with E-state index in [0.717, 1.165) is 6.42 Å². The molecule has 0 bridgehead atoms. The summed E-state index contributed by atoms with van der Waals surface area (Å²) in [7, 11) is -0.652. The smallest absolute Gasteiger partial charge is 0.243 e. The van der Waals surface area contributed by atoms with Gasteiger partial charge < -0.3 is 14.8 Å². The number of amides is 1. The average Bonchev–Trinajstić information content (AvgIpc) is 2.65. The van der Waals surface area contributed by atoms with E-state index in [9.17, 15) is 13.2 Å². The van der Waals surface area contributed by atoms with Gasteiger partial charge in [-0.25, -0.2) is 8.42 Å². The molecule has 1 N–H and O–H groups in total. The molecule has 0 aliphatic carbocycles. The van der Waals surface area contributed by atoms with Crippen LogP contribution in [0.5, 0.6) is 11.5 Å². The first kappa shape index (κ1) is 19.5. The number of ether oxygens (including phenoxy) is 2. The van der Waals surface area contributed by atoms with Gasteiger partial charge in [0.1, 0.15) is 0 Å². The van der Waals surface area contributed by atoms with Crippen molar-refractivity contribution in [3.8, 4) is 11.5 Å². The fourth-order valence-electron chi connectivity index (χ4n) is 2.88. The molecule has 0 aromatic heterocycles. The van der Waals surface area contributed by atoms with Crippen LogP contribution in [0, 0.1) is 5.92 Å². The predicted octanol–water partition coefficient (Wildman–Crippen LogP) is 1.63. The number of nitrogens with one attached hydrogen (secondary N) is 1. The largest absolute Gasteiger partial charge is 0.493 e. The van der Waals surface area contributed by atoms with Crippen molar-refractivity contribution in [2.75, 3.05) is 33.9 Å². The monoisotopic (exact) mass is 370 g/mol. The summed E-state index contributed by atoms with van der Waals surface area (Å²) in [5.41, 5.74) is 0. The lowest BCUT2D eigenvalue weighted by Crippen LogP contribution is -2.43. The Balaban J connectivity index is 2.08. The summed E-state index contributed by atoms with van der Waals surface area (Å²) in [6.45, 7) is 3.32. The van der Waals surface area contributed by atoms with Crippen LogP contribution < -0.4 is 14.8 Å². The van der Waals surface area contributed by atoms with Gasteiger partial charge in [-0.3, -0.25) is 4.79 Å². The van der Waals surface area contributed by atoms with Crippen LogP contribution in [0.15, 0.2) is 23.1 Å². The van der Waals surface area contributed by atoms with Crippen LogP contribution in [0.3, 0.4) is 0 Å². The minimum absolute atomic E-state index is 0.0185. The minimum Gasteiger partial charge on any atom is -0.493 e. The van der Waals surface area contributed by atoms with Gasteiger partial charge in [0.25, 0.3) is 0 Å².